The predicted octanol–water partition coefficient (Wildman–Crippen LogP) is 4.60. The summed E-state index contributed by atoms with van der Waals surface area (Å²) in [5.41, 5.74) is 3.36. The lowest BCUT2D eigenvalue weighted by Gasteiger charge is -2.10. The van der Waals surface area contributed by atoms with Crippen LogP contribution in [0.4, 0.5) is 5.95 Å². The smallest absolute Gasteiger partial charge is 0.204 e. The molecule has 1 N–H and O–H groups in total. The molecule has 4 heteroatoms. The van der Waals surface area contributed by atoms with Crippen LogP contribution in [0.3, 0.4) is 0 Å². The summed E-state index contributed by atoms with van der Waals surface area (Å²) in [6, 6.07) is 22.6. The molecule has 0 saturated heterocycles. The maximum absolute atomic E-state index is 5.64. The first-order chi connectivity index (χ1) is 11.8. The van der Waals surface area contributed by atoms with Crippen molar-refractivity contribution in [2.24, 2.45) is 0 Å². The zero-order chi connectivity index (χ0) is 16.4. The fourth-order valence-corrected chi connectivity index (χ4v) is 2.88. The van der Waals surface area contributed by atoms with E-state index in [0.717, 1.165) is 35.0 Å². The average molecular weight is 317 g/mol. The van der Waals surface area contributed by atoms with E-state index in [1.165, 1.54) is 5.56 Å². The molecule has 0 unspecified atom stereocenters. The van der Waals surface area contributed by atoms with Crippen molar-refractivity contribution >= 4 is 17.0 Å². The Bertz CT molecular complexity index is 953. The van der Waals surface area contributed by atoms with E-state index in [-0.39, 0.29) is 0 Å². The molecule has 2 aromatic carbocycles. The number of hydrogen-bond donors (Lipinski definition) is 1. The number of fused-ring (bicyclic) bond motifs is 1. The summed E-state index contributed by atoms with van der Waals surface area (Å²) in [6.07, 6.45) is 0. The number of benzene rings is 2. The van der Waals surface area contributed by atoms with E-state index in [1.54, 1.807) is 0 Å². The fraction of sp³-hybridized carbons (Fsp3) is 0.150. The van der Waals surface area contributed by atoms with Gasteiger partial charge in [-0.05, 0) is 36.8 Å². The Morgan fingerprint density at radius 3 is 2.54 bits per heavy atom. The summed E-state index contributed by atoms with van der Waals surface area (Å²) in [7, 11) is 0. The highest BCUT2D eigenvalue weighted by Gasteiger charge is 2.11. The highest BCUT2D eigenvalue weighted by atomic mass is 16.3. The lowest BCUT2D eigenvalue weighted by Crippen LogP contribution is -2.08. The molecular weight excluding hydrogens is 298 g/mol. The SMILES string of the molecule is Cc1ccc(CNc2nc3ccccc3n2Cc2ccccc2)o1. The van der Waals surface area contributed by atoms with Gasteiger partial charge in [0.25, 0.3) is 0 Å². The zero-order valence-corrected chi connectivity index (χ0v) is 13.6. The van der Waals surface area contributed by atoms with Gasteiger partial charge in [-0.25, -0.2) is 4.98 Å². The molecule has 2 heterocycles. The van der Waals surface area contributed by atoms with E-state index in [4.69, 9.17) is 9.40 Å². The van der Waals surface area contributed by atoms with Gasteiger partial charge in [0.05, 0.1) is 24.1 Å². The third-order valence-electron chi connectivity index (χ3n) is 4.05. The van der Waals surface area contributed by atoms with Crippen LogP contribution in [0.5, 0.6) is 0 Å². The van der Waals surface area contributed by atoms with Gasteiger partial charge in [0.1, 0.15) is 11.5 Å². The van der Waals surface area contributed by atoms with Crippen LogP contribution in [0, 0.1) is 6.92 Å². The molecule has 0 aliphatic carbocycles. The van der Waals surface area contributed by atoms with Gasteiger partial charge in [0, 0.05) is 0 Å². The van der Waals surface area contributed by atoms with Gasteiger partial charge in [-0.2, -0.15) is 0 Å². The first kappa shape index (κ1) is 14.6. The minimum atomic E-state index is 0.617. The van der Waals surface area contributed by atoms with Gasteiger partial charge in [-0.3, -0.25) is 0 Å². The van der Waals surface area contributed by atoms with Gasteiger partial charge < -0.3 is 14.3 Å². The quantitative estimate of drug-likeness (QED) is 0.585. The summed E-state index contributed by atoms with van der Waals surface area (Å²) < 4.78 is 7.85. The molecule has 0 spiro atoms. The van der Waals surface area contributed by atoms with Crippen molar-refractivity contribution in [1.29, 1.82) is 0 Å². The molecule has 2 aromatic heterocycles. The number of imidazole rings is 1. The second-order valence-corrected chi connectivity index (χ2v) is 5.86. The van der Waals surface area contributed by atoms with Crippen molar-refractivity contribution in [3.8, 4) is 0 Å². The molecule has 24 heavy (non-hydrogen) atoms. The van der Waals surface area contributed by atoms with Crippen molar-refractivity contribution < 1.29 is 4.42 Å². The van der Waals surface area contributed by atoms with E-state index in [9.17, 15) is 0 Å². The number of aryl methyl sites for hydroxylation is 1. The molecule has 0 aliphatic rings. The normalized spacial score (nSPS) is 11.0. The molecule has 0 fully saturated rings. The Morgan fingerprint density at radius 2 is 1.75 bits per heavy atom. The maximum atomic E-state index is 5.64. The van der Waals surface area contributed by atoms with Crippen LogP contribution in [-0.2, 0) is 13.1 Å². The molecule has 0 radical (unpaired) electrons. The van der Waals surface area contributed by atoms with Gasteiger partial charge in [0.15, 0.2) is 0 Å². The van der Waals surface area contributed by atoms with E-state index in [1.807, 2.05) is 43.3 Å². The molecule has 0 bridgehead atoms. The Labute approximate surface area is 140 Å². The van der Waals surface area contributed by atoms with Crippen LogP contribution in [0.1, 0.15) is 17.1 Å². The van der Waals surface area contributed by atoms with E-state index in [2.05, 4.69) is 40.2 Å². The van der Waals surface area contributed by atoms with Crippen LogP contribution >= 0.6 is 0 Å². The monoisotopic (exact) mass is 317 g/mol. The van der Waals surface area contributed by atoms with Crippen molar-refractivity contribution in [2.45, 2.75) is 20.0 Å². The van der Waals surface area contributed by atoms with Crippen LogP contribution in [0.2, 0.25) is 0 Å². The molecule has 120 valence electrons. The molecule has 0 atom stereocenters. The first-order valence-electron chi connectivity index (χ1n) is 8.08. The minimum absolute atomic E-state index is 0.617. The maximum Gasteiger partial charge on any atom is 0.204 e. The minimum Gasteiger partial charge on any atom is -0.465 e. The third kappa shape index (κ3) is 2.91. The summed E-state index contributed by atoms with van der Waals surface area (Å²) in [5.74, 6) is 2.68. The second kappa shape index (κ2) is 6.24. The lowest BCUT2D eigenvalue weighted by molar-refractivity contribution is 0.490. The third-order valence-corrected chi connectivity index (χ3v) is 4.05. The van der Waals surface area contributed by atoms with Crippen molar-refractivity contribution in [3.05, 3.63) is 83.8 Å². The van der Waals surface area contributed by atoms with Crippen LogP contribution in [-0.4, -0.2) is 9.55 Å². The van der Waals surface area contributed by atoms with Crippen molar-refractivity contribution in [2.75, 3.05) is 5.32 Å². The van der Waals surface area contributed by atoms with Crippen LogP contribution in [0.25, 0.3) is 11.0 Å². The highest BCUT2D eigenvalue weighted by Crippen LogP contribution is 2.22. The molecule has 0 saturated carbocycles. The summed E-state index contributed by atoms with van der Waals surface area (Å²) >= 11 is 0. The molecule has 4 aromatic rings. The van der Waals surface area contributed by atoms with Crippen LogP contribution < -0.4 is 5.32 Å². The Kier molecular flexibility index (Phi) is 3.79. The van der Waals surface area contributed by atoms with E-state index < -0.39 is 0 Å². The first-order valence-corrected chi connectivity index (χ1v) is 8.08. The van der Waals surface area contributed by atoms with Gasteiger partial charge in [-0.1, -0.05) is 42.5 Å². The number of nitrogens with zero attached hydrogens (tertiary/aromatic N) is 2. The van der Waals surface area contributed by atoms with Gasteiger partial charge in [0.2, 0.25) is 5.95 Å². The zero-order valence-electron chi connectivity index (χ0n) is 13.6. The lowest BCUT2D eigenvalue weighted by atomic mass is 10.2. The molecule has 4 rings (SSSR count). The molecule has 4 nitrogen and oxygen atoms in total. The number of furan rings is 1. The molecule has 0 aliphatic heterocycles. The largest absolute Gasteiger partial charge is 0.465 e. The number of rotatable bonds is 5. The number of nitrogens with one attached hydrogen (secondary N) is 1. The van der Waals surface area contributed by atoms with Gasteiger partial charge >= 0.3 is 0 Å². The fourth-order valence-electron chi connectivity index (χ4n) is 2.88. The molecular formula is C20H19N3O. The number of hydrogen-bond acceptors (Lipinski definition) is 3. The number of anilines is 1. The highest BCUT2D eigenvalue weighted by molar-refractivity contribution is 5.78. The number of para-hydroxylation sites is 2. The van der Waals surface area contributed by atoms with E-state index in [0.29, 0.717) is 6.54 Å². The standard InChI is InChI=1S/C20H19N3O/c1-15-11-12-17(24-15)13-21-20-22-18-9-5-6-10-19(18)23(20)14-16-7-3-2-4-8-16/h2-12H,13-14H2,1H3,(H,21,22). The van der Waals surface area contributed by atoms with E-state index >= 15 is 0 Å². The topological polar surface area (TPSA) is 43.0 Å². The summed E-state index contributed by atoms with van der Waals surface area (Å²) in [6.45, 7) is 3.35. The summed E-state index contributed by atoms with van der Waals surface area (Å²) in [5, 5.41) is 3.41. The Morgan fingerprint density at radius 1 is 0.958 bits per heavy atom. The Hall–Kier alpha value is -3.01. The Balaban J connectivity index is 1.67. The van der Waals surface area contributed by atoms with Gasteiger partial charge in [-0.15, -0.1) is 0 Å². The number of aromatic nitrogens is 2. The van der Waals surface area contributed by atoms with Crippen LogP contribution in [0.15, 0.2) is 71.1 Å². The van der Waals surface area contributed by atoms with Crippen molar-refractivity contribution in [3.63, 3.8) is 0 Å². The average Bonchev–Trinajstić information content (AvgIpc) is 3.18. The molecule has 0 amide bonds. The second-order valence-electron chi connectivity index (χ2n) is 5.86. The summed E-state index contributed by atoms with van der Waals surface area (Å²) in [4.78, 5) is 4.74. The van der Waals surface area contributed by atoms with Crippen molar-refractivity contribution in [1.82, 2.24) is 9.55 Å². The predicted molar refractivity (Wildman–Crippen MR) is 96.0 cm³/mol.